The Labute approximate surface area is 202 Å². The molecule has 0 saturated heterocycles. The lowest BCUT2D eigenvalue weighted by Gasteiger charge is -2.27. The van der Waals surface area contributed by atoms with E-state index in [9.17, 15) is 14.4 Å². The molecule has 8 nitrogen and oxygen atoms in total. The molecule has 0 aromatic heterocycles. The van der Waals surface area contributed by atoms with Gasteiger partial charge in [0, 0.05) is 17.1 Å². The molecule has 0 N–H and O–H groups in total. The lowest BCUT2D eigenvalue weighted by Crippen LogP contribution is -2.40. The van der Waals surface area contributed by atoms with Gasteiger partial charge in [0.1, 0.15) is 32.7 Å². The van der Waals surface area contributed by atoms with E-state index in [4.69, 9.17) is 22.4 Å². The summed E-state index contributed by atoms with van der Waals surface area (Å²) < 4.78 is 27.3. The number of ether oxygens (including phenoxy) is 3. The highest BCUT2D eigenvalue weighted by molar-refractivity contribution is 7.99. The number of hydrogen-bond donors (Lipinski definition) is 0. The van der Waals surface area contributed by atoms with Crippen LogP contribution in [0, 0.1) is 5.41 Å². The zero-order valence-electron chi connectivity index (χ0n) is 20.5. The zero-order valence-corrected chi connectivity index (χ0v) is 25.1. The molecule has 186 valence electrons. The fourth-order valence-electron chi connectivity index (χ4n) is 2.58. The molecular formula is C20H40O8SSi3. The molecule has 0 spiro atoms. The van der Waals surface area contributed by atoms with Crippen molar-refractivity contribution < 1.29 is 36.8 Å². The predicted octanol–water partition coefficient (Wildman–Crippen LogP) is 2.10. The van der Waals surface area contributed by atoms with Crippen molar-refractivity contribution in [2.24, 2.45) is 5.41 Å². The molecule has 0 fully saturated rings. The van der Waals surface area contributed by atoms with Crippen LogP contribution in [0.25, 0.3) is 0 Å². The van der Waals surface area contributed by atoms with Crippen molar-refractivity contribution in [3.8, 4) is 0 Å². The van der Waals surface area contributed by atoms with Crippen LogP contribution in [0.5, 0.6) is 0 Å². The minimum Gasteiger partial charge on any atom is -0.465 e. The fourth-order valence-corrected chi connectivity index (χ4v) is 11.6. The van der Waals surface area contributed by atoms with Crippen LogP contribution in [-0.2, 0) is 36.8 Å². The van der Waals surface area contributed by atoms with Crippen LogP contribution in [0.2, 0.25) is 25.7 Å². The van der Waals surface area contributed by atoms with Crippen molar-refractivity contribution in [1.29, 1.82) is 0 Å². The van der Waals surface area contributed by atoms with Gasteiger partial charge in [0.2, 0.25) is 0 Å². The molecule has 0 unspecified atom stereocenters. The molecule has 0 radical (unpaired) electrons. The highest BCUT2D eigenvalue weighted by Gasteiger charge is 2.31. The van der Waals surface area contributed by atoms with Crippen molar-refractivity contribution in [2.75, 3.05) is 31.3 Å². The van der Waals surface area contributed by atoms with Crippen molar-refractivity contribution in [2.45, 2.75) is 59.3 Å². The highest BCUT2D eigenvalue weighted by Crippen LogP contribution is 2.24. The summed E-state index contributed by atoms with van der Waals surface area (Å²) in [5.41, 5.74) is -0.348. The average molecular weight is 525 g/mol. The largest absolute Gasteiger partial charge is 0.465 e. The summed E-state index contributed by atoms with van der Waals surface area (Å²) in [6, 6.07) is 0.839. The van der Waals surface area contributed by atoms with Crippen molar-refractivity contribution in [1.82, 2.24) is 0 Å². The minimum atomic E-state index is -2.07. The van der Waals surface area contributed by atoms with E-state index >= 15 is 0 Å². The van der Waals surface area contributed by atoms with Crippen molar-refractivity contribution in [3.63, 3.8) is 0 Å². The molecule has 0 aromatic rings. The topological polar surface area (TPSA) is 97.4 Å². The molecule has 0 aliphatic rings. The standard InChI is InChI=1S/C20H40O8SSi3/c1-16(2)18(22)25-12-11-24-17(21)9-13-29-15-20(3,4)19(23)26-10-8-14-32(7,27-30-5)28-31-6/h1,8-15,30-31H2,2-7H3. The lowest BCUT2D eigenvalue weighted by atomic mass is 9.97. The van der Waals surface area contributed by atoms with Crippen LogP contribution in [0.15, 0.2) is 12.2 Å². The van der Waals surface area contributed by atoms with Gasteiger partial charge in [0.05, 0.1) is 18.4 Å². The number of thioether (sulfide) groups is 1. The molecule has 0 bridgehead atoms. The molecule has 0 heterocycles. The second-order valence-corrected chi connectivity index (χ2v) is 15.4. The van der Waals surface area contributed by atoms with Gasteiger partial charge in [-0.1, -0.05) is 19.7 Å². The van der Waals surface area contributed by atoms with E-state index in [2.05, 4.69) is 26.2 Å². The first kappa shape index (κ1) is 31.1. The van der Waals surface area contributed by atoms with Gasteiger partial charge in [-0.15, -0.1) is 0 Å². The quantitative estimate of drug-likeness (QED) is 0.0877. The molecule has 0 rings (SSSR count). The third-order valence-corrected chi connectivity index (χ3v) is 14.2. The monoisotopic (exact) mass is 524 g/mol. The Morgan fingerprint density at radius 1 is 1.00 bits per heavy atom. The Balaban J connectivity index is 4.05. The summed E-state index contributed by atoms with van der Waals surface area (Å²) in [6.45, 7) is 15.4. The van der Waals surface area contributed by atoms with E-state index in [0.29, 0.717) is 23.7 Å². The van der Waals surface area contributed by atoms with E-state index in [1.165, 1.54) is 11.8 Å². The molecule has 12 heteroatoms. The first-order valence-corrected chi connectivity index (χ1v) is 18.6. The Morgan fingerprint density at radius 2 is 1.59 bits per heavy atom. The van der Waals surface area contributed by atoms with Crippen LogP contribution in [0.4, 0.5) is 0 Å². The zero-order chi connectivity index (χ0) is 24.6. The maximum absolute atomic E-state index is 12.4. The van der Waals surface area contributed by atoms with Gasteiger partial charge in [-0.05, 0) is 39.8 Å². The first-order chi connectivity index (χ1) is 15.0. The summed E-state index contributed by atoms with van der Waals surface area (Å²) in [7, 11) is -3.11. The highest BCUT2D eigenvalue weighted by atomic mass is 32.2. The van der Waals surface area contributed by atoms with Crippen molar-refractivity contribution >= 4 is 57.8 Å². The maximum Gasteiger partial charge on any atom is 0.333 e. The summed E-state index contributed by atoms with van der Waals surface area (Å²) in [5.74, 6) is -0.0508. The second-order valence-electron chi connectivity index (χ2n) is 8.06. The van der Waals surface area contributed by atoms with E-state index in [1.54, 1.807) is 6.92 Å². The van der Waals surface area contributed by atoms with Gasteiger partial charge in [-0.25, -0.2) is 4.79 Å². The number of carbonyl (C=O) groups excluding carboxylic acids is 3. The molecule has 32 heavy (non-hydrogen) atoms. The van der Waals surface area contributed by atoms with E-state index in [-0.39, 0.29) is 31.6 Å². The van der Waals surface area contributed by atoms with Crippen LogP contribution < -0.4 is 0 Å². The van der Waals surface area contributed by atoms with E-state index in [1.807, 2.05) is 13.8 Å². The maximum atomic E-state index is 12.4. The summed E-state index contributed by atoms with van der Waals surface area (Å²) in [5, 5.41) is 0. The second kappa shape index (κ2) is 16.6. The average Bonchev–Trinajstić information content (AvgIpc) is 2.71. The van der Waals surface area contributed by atoms with Crippen LogP contribution in [-0.4, -0.2) is 77.3 Å². The van der Waals surface area contributed by atoms with Gasteiger partial charge < -0.3 is 22.4 Å². The molecule has 0 atom stereocenters. The molecule has 0 amide bonds. The summed E-state index contributed by atoms with van der Waals surface area (Å²) >= 11 is 1.50. The summed E-state index contributed by atoms with van der Waals surface area (Å²) in [4.78, 5) is 35.4. The SMILES string of the molecule is C=C(C)C(=O)OCCOC(=O)CCSCC(C)(C)C(=O)OCCC[Si](C)(O[SiH2]C)O[SiH2]C. The molecule has 0 aliphatic heterocycles. The van der Waals surface area contributed by atoms with Gasteiger partial charge in [-0.2, -0.15) is 11.8 Å². The number of rotatable bonds is 18. The van der Waals surface area contributed by atoms with Crippen LogP contribution in [0.3, 0.4) is 0 Å². The molecule has 0 saturated carbocycles. The predicted molar refractivity (Wildman–Crippen MR) is 135 cm³/mol. The Hall–Kier alpha value is -0.929. The van der Waals surface area contributed by atoms with Crippen LogP contribution >= 0.6 is 11.8 Å². The van der Waals surface area contributed by atoms with Gasteiger partial charge in [-0.3, -0.25) is 9.59 Å². The Morgan fingerprint density at radius 3 is 2.16 bits per heavy atom. The van der Waals surface area contributed by atoms with Crippen LogP contribution in [0.1, 0.15) is 33.6 Å². The normalized spacial score (nSPS) is 13.9. The van der Waals surface area contributed by atoms with Gasteiger partial charge >= 0.3 is 26.5 Å². The van der Waals surface area contributed by atoms with Crippen molar-refractivity contribution in [3.05, 3.63) is 12.2 Å². The van der Waals surface area contributed by atoms with Gasteiger partial charge in [0.15, 0.2) is 0 Å². The molecule has 0 aliphatic carbocycles. The Bertz CT molecular complexity index is 610. The lowest BCUT2D eigenvalue weighted by molar-refractivity contribution is -0.152. The third-order valence-electron chi connectivity index (χ3n) is 4.30. The Kier molecular flexibility index (Phi) is 16.2. The first-order valence-electron chi connectivity index (χ1n) is 11.0. The summed E-state index contributed by atoms with van der Waals surface area (Å²) in [6.07, 6.45) is 0.961. The molecule has 0 aromatic carbocycles. The van der Waals surface area contributed by atoms with E-state index < -0.39 is 39.5 Å². The number of hydrogen-bond acceptors (Lipinski definition) is 9. The number of esters is 3. The fraction of sp³-hybridized carbons (Fsp3) is 0.750. The van der Waals surface area contributed by atoms with E-state index in [0.717, 1.165) is 12.5 Å². The minimum absolute atomic E-state index is 0.00407. The third kappa shape index (κ3) is 14.3. The van der Waals surface area contributed by atoms with Gasteiger partial charge in [0.25, 0.3) is 0 Å². The number of carbonyl (C=O) groups is 3. The molecular weight excluding hydrogens is 485 g/mol. The smallest absolute Gasteiger partial charge is 0.333 e.